The van der Waals surface area contributed by atoms with Gasteiger partial charge in [-0.3, -0.25) is 4.99 Å². The fraction of sp³-hybridized carbons (Fsp3) is 0.500. The number of ether oxygens (including phenoxy) is 2. The van der Waals surface area contributed by atoms with Crippen molar-refractivity contribution >= 4 is 41.3 Å². The van der Waals surface area contributed by atoms with Gasteiger partial charge in [-0.2, -0.15) is 0 Å². The van der Waals surface area contributed by atoms with Crippen molar-refractivity contribution in [3.05, 3.63) is 51.7 Å². The maximum absolute atomic E-state index is 6.19. The molecule has 1 aliphatic rings. The van der Waals surface area contributed by atoms with Gasteiger partial charge in [-0.05, 0) is 30.0 Å². The number of rotatable bonds is 7. The molecule has 2 N–H and O–H groups in total. The summed E-state index contributed by atoms with van der Waals surface area (Å²) in [4.78, 5) is 5.74. The Hall–Kier alpha value is -1.32. The van der Waals surface area contributed by atoms with Gasteiger partial charge in [0.15, 0.2) is 5.96 Å². The van der Waals surface area contributed by atoms with Crippen molar-refractivity contribution in [3.8, 4) is 5.75 Å². The Bertz CT molecular complexity index is 787. The second-order valence-corrected chi connectivity index (χ2v) is 8.80. The SMILES string of the molecule is CN=C(NCc1ccc(C)cc1OC1CCOC1)NCC(C)(C)c1cccs1.I. The molecule has 1 aromatic heterocycles. The molecular weight excluding hydrogens is 497 g/mol. The van der Waals surface area contributed by atoms with E-state index in [0.29, 0.717) is 13.2 Å². The third kappa shape index (κ3) is 6.86. The summed E-state index contributed by atoms with van der Waals surface area (Å²) in [7, 11) is 1.80. The second kappa shape index (κ2) is 11.2. The van der Waals surface area contributed by atoms with Gasteiger partial charge in [0, 0.05) is 42.4 Å². The van der Waals surface area contributed by atoms with E-state index >= 15 is 0 Å². The average Bonchev–Trinajstić information content (AvgIpc) is 3.37. The molecule has 0 bridgehead atoms. The molecule has 1 saturated heterocycles. The Balaban J connectivity index is 0.00000300. The first-order valence-electron chi connectivity index (χ1n) is 9.80. The van der Waals surface area contributed by atoms with Crippen molar-refractivity contribution in [2.24, 2.45) is 4.99 Å². The van der Waals surface area contributed by atoms with E-state index in [4.69, 9.17) is 9.47 Å². The molecule has 0 spiro atoms. The van der Waals surface area contributed by atoms with Gasteiger partial charge < -0.3 is 20.1 Å². The Kier molecular flexibility index (Phi) is 9.23. The van der Waals surface area contributed by atoms with Crippen molar-refractivity contribution < 1.29 is 9.47 Å². The highest BCUT2D eigenvalue weighted by Gasteiger charge is 2.22. The van der Waals surface area contributed by atoms with Crippen molar-refractivity contribution in [1.82, 2.24) is 10.6 Å². The normalized spacial score (nSPS) is 17.0. The molecule has 1 fully saturated rings. The second-order valence-electron chi connectivity index (χ2n) is 7.86. The maximum Gasteiger partial charge on any atom is 0.191 e. The van der Waals surface area contributed by atoms with Crippen LogP contribution in [0.3, 0.4) is 0 Å². The zero-order valence-corrected chi connectivity index (χ0v) is 20.8. The van der Waals surface area contributed by atoms with Crippen LogP contribution in [0.1, 0.15) is 36.3 Å². The number of thiophene rings is 1. The lowest BCUT2D eigenvalue weighted by Gasteiger charge is -2.25. The van der Waals surface area contributed by atoms with Crippen LogP contribution < -0.4 is 15.4 Å². The lowest BCUT2D eigenvalue weighted by Crippen LogP contribution is -2.43. The summed E-state index contributed by atoms with van der Waals surface area (Å²) in [6.07, 6.45) is 1.09. The molecule has 1 aliphatic heterocycles. The largest absolute Gasteiger partial charge is 0.488 e. The number of hydrogen-bond acceptors (Lipinski definition) is 4. The van der Waals surface area contributed by atoms with Crippen LogP contribution in [0.4, 0.5) is 0 Å². The lowest BCUT2D eigenvalue weighted by atomic mass is 9.91. The summed E-state index contributed by atoms with van der Waals surface area (Å²) < 4.78 is 11.6. The molecule has 160 valence electrons. The highest BCUT2D eigenvalue weighted by Crippen LogP contribution is 2.27. The number of guanidine groups is 1. The van der Waals surface area contributed by atoms with E-state index in [1.54, 1.807) is 18.4 Å². The number of benzene rings is 1. The molecule has 1 atom stereocenters. The highest BCUT2D eigenvalue weighted by atomic mass is 127. The van der Waals surface area contributed by atoms with Gasteiger partial charge in [-0.25, -0.2) is 0 Å². The van der Waals surface area contributed by atoms with Gasteiger partial charge in [0.2, 0.25) is 0 Å². The third-order valence-corrected chi connectivity index (χ3v) is 6.20. The Morgan fingerprint density at radius 1 is 1.31 bits per heavy atom. The molecule has 0 radical (unpaired) electrons. The van der Waals surface area contributed by atoms with Crippen molar-refractivity contribution in [3.63, 3.8) is 0 Å². The minimum atomic E-state index is 0. The summed E-state index contributed by atoms with van der Waals surface area (Å²) in [5.41, 5.74) is 2.36. The fourth-order valence-corrected chi connectivity index (χ4v) is 4.01. The zero-order valence-electron chi connectivity index (χ0n) is 17.7. The Labute approximate surface area is 195 Å². The minimum Gasteiger partial charge on any atom is -0.488 e. The number of aliphatic imine (C=N–C) groups is 1. The Morgan fingerprint density at radius 2 is 2.14 bits per heavy atom. The smallest absolute Gasteiger partial charge is 0.191 e. The zero-order chi connectivity index (χ0) is 20.0. The molecule has 0 amide bonds. The number of nitrogens with one attached hydrogen (secondary N) is 2. The van der Waals surface area contributed by atoms with Gasteiger partial charge in [0.05, 0.1) is 13.2 Å². The average molecular weight is 529 g/mol. The van der Waals surface area contributed by atoms with Crippen LogP contribution in [0.2, 0.25) is 0 Å². The number of hydrogen-bond donors (Lipinski definition) is 2. The van der Waals surface area contributed by atoms with Gasteiger partial charge in [-0.1, -0.05) is 32.0 Å². The monoisotopic (exact) mass is 529 g/mol. The van der Waals surface area contributed by atoms with E-state index in [2.05, 4.69) is 72.1 Å². The van der Waals surface area contributed by atoms with Gasteiger partial charge in [-0.15, -0.1) is 35.3 Å². The van der Waals surface area contributed by atoms with Crippen LogP contribution >= 0.6 is 35.3 Å². The highest BCUT2D eigenvalue weighted by molar-refractivity contribution is 14.0. The maximum atomic E-state index is 6.19. The molecule has 29 heavy (non-hydrogen) atoms. The number of halogens is 1. The summed E-state index contributed by atoms with van der Waals surface area (Å²) >= 11 is 1.79. The van der Waals surface area contributed by atoms with E-state index < -0.39 is 0 Å². The van der Waals surface area contributed by atoms with Crippen molar-refractivity contribution in [2.45, 2.75) is 45.3 Å². The molecule has 0 aliphatic carbocycles. The predicted molar refractivity (Wildman–Crippen MR) is 132 cm³/mol. The Morgan fingerprint density at radius 3 is 2.79 bits per heavy atom. The molecule has 1 aromatic carbocycles. The fourth-order valence-electron chi connectivity index (χ4n) is 3.16. The molecule has 0 saturated carbocycles. The van der Waals surface area contributed by atoms with Crippen LogP contribution in [-0.2, 0) is 16.7 Å². The molecule has 3 rings (SSSR count). The lowest BCUT2D eigenvalue weighted by molar-refractivity contribution is 0.140. The molecule has 1 unspecified atom stereocenters. The summed E-state index contributed by atoms with van der Waals surface area (Å²) in [6.45, 7) is 9.49. The summed E-state index contributed by atoms with van der Waals surface area (Å²) in [5.74, 6) is 1.72. The number of aryl methyl sites for hydroxylation is 1. The standard InChI is InChI=1S/C22H31N3O2S.HI/c1-16-7-8-17(19(12-16)27-18-9-10-26-14-18)13-24-21(23-4)25-15-22(2,3)20-6-5-11-28-20;/h5-8,11-12,18H,9-10,13-15H2,1-4H3,(H2,23,24,25);1H. The summed E-state index contributed by atoms with van der Waals surface area (Å²) in [6, 6.07) is 10.6. The molecule has 7 heteroatoms. The van der Waals surface area contributed by atoms with Crippen LogP contribution in [0.25, 0.3) is 0 Å². The molecule has 5 nitrogen and oxygen atoms in total. The quantitative estimate of drug-likeness (QED) is 0.316. The van der Waals surface area contributed by atoms with Crippen LogP contribution in [0, 0.1) is 6.92 Å². The van der Waals surface area contributed by atoms with E-state index in [0.717, 1.165) is 36.8 Å². The minimum absolute atomic E-state index is 0. The van der Waals surface area contributed by atoms with Crippen molar-refractivity contribution in [2.75, 3.05) is 26.8 Å². The van der Waals surface area contributed by atoms with Gasteiger partial charge in [0.25, 0.3) is 0 Å². The first kappa shape index (κ1) is 24.0. The topological polar surface area (TPSA) is 54.9 Å². The first-order chi connectivity index (χ1) is 13.5. The predicted octanol–water partition coefficient (Wildman–Crippen LogP) is 4.49. The van der Waals surface area contributed by atoms with Crippen LogP contribution in [0.15, 0.2) is 40.7 Å². The number of nitrogens with zero attached hydrogens (tertiary/aromatic N) is 1. The van der Waals surface area contributed by atoms with E-state index in [1.807, 2.05) is 0 Å². The molecular formula is C22H32IN3O2S. The summed E-state index contributed by atoms with van der Waals surface area (Å²) in [5, 5.41) is 9.00. The molecule has 2 aromatic rings. The van der Waals surface area contributed by atoms with Crippen molar-refractivity contribution in [1.29, 1.82) is 0 Å². The van der Waals surface area contributed by atoms with E-state index in [-0.39, 0.29) is 35.5 Å². The van der Waals surface area contributed by atoms with Gasteiger partial charge >= 0.3 is 0 Å². The van der Waals surface area contributed by atoms with E-state index in [9.17, 15) is 0 Å². The van der Waals surface area contributed by atoms with Crippen LogP contribution in [-0.4, -0.2) is 38.9 Å². The molecule has 2 heterocycles. The van der Waals surface area contributed by atoms with E-state index in [1.165, 1.54) is 10.4 Å². The third-order valence-electron chi connectivity index (χ3n) is 4.96. The van der Waals surface area contributed by atoms with Gasteiger partial charge in [0.1, 0.15) is 11.9 Å². The van der Waals surface area contributed by atoms with Crippen LogP contribution in [0.5, 0.6) is 5.75 Å². The first-order valence-corrected chi connectivity index (χ1v) is 10.7.